The molecular formula is C17H12N4O. The van der Waals surface area contributed by atoms with E-state index in [0.717, 1.165) is 16.7 Å². The first-order valence-electron chi connectivity index (χ1n) is 6.70. The second-order valence-electron chi connectivity index (χ2n) is 4.79. The van der Waals surface area contributed by atoms with Crippen LogP contribution in [0, 0.1) is 18.3 Å². The summed E-state index contributed by atoms with van der Waals surface area (Å²) >= 11 is 0. The first-order chi connectivity index (χ1) is 10.7. The van der Waals surface area contributed by atoms with Crippen molar-refractivity contribution in [2.24, 2.45) is 0 Å². The van der Waals surface area contributed by atoms with Crippen molar-refractivity contribution in [1.82, 2.24) is 15.0 Å². The fourth-order valence-corrected chi connectivity index (χ4v) is 2.51. The van der Waals surface area contributed by atoms with Crippen molar-refractivity contribution in [3.05, 3.63) is 70.7 Å². The topological polar surface area (TPSA) is 82.4 Å². The Hall–Kier alpha value is -3.26. The van der Waals surface area contributed by atoms with E-state index in [0.29, 0.717) is 11.3 Å². The smallest absolute Gasteiger partial charge is 0.266 e. The Balaban J connectivity index is 2.45. The fraction of sp³-hybridized carbons (Fsp3) is 0.0588. The van der Waals surface area contributed by atoms with Gasteiger partial charge in [-0.15, -0.1) is 0 Å². The molecule has 0 amide bonds. The maximum atomic E-state index is 12.1. The van der Waals surface area contributed by atoms with Crippen molar-refractivity contribution in [2.45, 2.75) is 6.92 Å². The summed E-state index contributed by atoms with van der Waals surface area (Å²) in [6.07, 6.45) is 6.65. The van der Waals surface area contributed by atoms with Crippen molar-refractivity contribution in [3.63, 3.8) is 0 Å². The van der Waals surface area contributed by atoms with Crippen molar-refractivity contribution >= 4 is 0 Å². The molecule has 1 N–H and O–H groups in total. The summed E-state index contributed by atoms with van der Waals surface area (Å²) in [5.74, 6) is 0. The van der Waals surface area contributed by atoms with E-state index in [-0.39, 0.29) is 11.1 Å². The summed E-state index contributed by atoms with van der Waals surface area (Å²) in [6.45, 7) is 1.82. The minimum Gasteiger partial charge on any atom is -0.325 e. The van der Waals surface area contributed by atoms with Gasteiger partial charge >= 0.3 is 0 Å². The standard InChI is InChI=1S/C17H12N4O/c1-11-15(12-2-6-19-7-3-12)16(13-4-8-20-9-5-13)14(10-18)17(22)21-11/h2-9H,1H3,(H,21,22). The van der Waals surface area contributed by atoms with Gasteiger partial charge in [0.2, 0.25) is 0 Å². The molecule has 5 nitrogen and oxygen atoms in total. The molecule has 3 aromatic heterocycles. The lowest BCUT2D eigenvalue weighted by Crippen LogP contribution is -2.15. The highest BCUT2D eigenvalue weighted by molar-refractivity contribution is 5.87. The predicted octanol–water partition coefficient (Wildman–Crippen LogP) is 2.68. The van der Waals surface area contributed by atoms with Crippen molar-refractivity contribution in [1.29, 1.82) is 5.26 Å². The fourth-order valence-electron chi connectivity index (χ4n) is 2.51. The lowest BCUT2D eigenvalue weighted by molar-refractivity contribution is 1.13. The van der Waals surface area contributed by atoms with Gasteiger partial charge in [-0.2, -0.15) is 5.26 Å². The van der Waals surface area contributed by atoms with Gasteiger partial charge in [0.05, 0.1) is 0 Å². The molecule has 22 heavy (non-hydrogen) atoms. The van der Waals surface area contributed by atoms with Crippen LogP contribution in [-0.4, -0.2) is 15.0 Å². The van der Waals surface area contributed by atoms with Gasteiger partial charge in [-0.05, 0) is 42.3 Å². The zero-order valence-electron chi connectivity index (χ0n) is 11.9. The van der Waals surface area contributed by atoms with Gasteiger partial charge in [-0.1, -0.05) is 0 Å². The maximum absolute atomic E-state index is 12.1. The van der Waals surface area contributed by atoms with E-state index >= 15 is 0 Å². The van der Waals surface area contributed by atoms with E-state index in [9.17, 15) is 10.1 Å². The van der Waals surface area contributed by atoms with Crippen LogP contribution >= 0.6 is 0 Å². The summed E-state index contributed by atoms with van der Waals surface area (Å²) in [6, 6.07) is 9.31. The van der Waals surface area contributed by atoms with E-state index in [2.05, 4.69) is 15.0 Å². The number of pyridine rings is 3. The number of aromatic nitrogens is 3. The van der Waals surface area contributed by atoms with Crippen LogP contribution in [0.25, 0.3) is 22.3 Å². The normalized spacial score (nSPS) is 10.2. The molecule has 106 valence electrons. The molecule has 0 fully saturated rings. The van der Waals surface area contributed by atoms with Crippen LogP contribution in [0.3, 0.4) is 0 Å². The third-order valence-electron chi connectivity index (χ3n) is 3.45. The molecule has 0 bridgehead atoms. The van der Waals surface area contributed by atoms with Crippen molar-refractivity contribution < 1.29 is 0 Å². The Kier molecular flexibility index (Phi) is 3.50. The van der Waals surface area contributed by atoms with E-state index in [1.807, 2.05) is 25.1 Å². The van der Waals surface area contributed by atoms with E-state index < -0.39 is 0 Å². The SMILES string of the molecule is Cc1[nH]c(=O)c(C#N)c(-c2ccncc2)c1-c1ccncc1. The molecule has 0 aliphatic heterocycles. The van der Waals surface area contributed by atoms with Gasteiger partial charge in [0.15, 0.2) is 0 Å². The van der Waals surface area contributed by atoms with Crippen LogP contribution in [0.4, 0.5) is 0 Å². The third-order valence-corrected chi connectivity index (χ3v) is 3.45. The van der Waals surface area contributed by atoms with Gasteiger partial charge in [0, 0.05) is 41.6 Å². The zero-order valence-corrected chi connectivity index (χ0v) is 11.9. The van der Waals surface area contributed by atoms with Crippen molar-refractivity contribution in [2.75, 3.05) is 0 Å². The van der Waals surface area contributed by atoms with Gasteiger partial charge < -0.3 is 4.98 Å². The largest absolute Gasteiger partial charge is 0.325 e. The molecule has 3 aromatic rings. The molecule has 0 aliphatic carbocycles. The Morgan fingerprint density at radius 3 is 1.95 bits per heavy atom. The first-order valence-corrected chi connectivity index (χ1v) is 6.70. The lowest BCUT2D eigenvalue weighted by Gasteiger charge is -2.14. The molecule has 0 atom stereocenters. The summed E-state index contributed by atoms with van der Waals surface area (Å²) in [7, 11) is 0. The van der Waals surface area contributed by atoms with E-state index in [1.165, 1.54) is 0 Å². The Bertz CT molecular complexity index is 909. The van der Waals surface area contributed by atoms with Crippen LogP contribution in [0.2, 0.25) is 0 Å². The molecule has 0 unspecified atom stereocenters. The van der Waals surface area contributed by atoms with Crippen LogP contribution in [-0.2, 0) is 0 Å². The van der Waals surface area contributed by atoms with Gasteiger partial charge in [-0.3, -0.25) is 14.8 Å². The predicted molar refractivity (Wildman–Crippen MR) is 83.0 cm³/mol. The number of H-pyrrole nitrogens is 1. The quantitative estimate of drug-likeness (QED) is 0.786. The molecule has 3 rings (SSSR count). The number of nitrogens with one attached hydrogen (secondary N) is 1. The minimum atomic E-state index is -0.385. The molecular weight excluding hydrogens is 276 g/mol. The highest BCUT2D eigenvalue weighted by Gasteiger charge is 2.18. The number of hydrogen-bond acceptors (Lipinski definition) is 4. The summed E-state index contributed by atoms with van der Waals surface area (Å²) in [5.41, 5.74) is 3.55. The van der Waals surface area contributed by atoms with Crippen molar-refractivity contribution in [3.8, 4) is 28.3 Å². The molecule has 0 aromatic carbocycles. The number of aryl methyl sites for hydroxylation is 1. The molecule has 0 saturated heterocycles. The Labute approximate surface area is 126 Å². The molecule has 0 radical (unpaired) electrons. The monoisotopic (exact) mass is 288 g/mol. The first kappa shape index (κ1) is 13.7. The minimum absolute atomic E-state index is 0.101. The summed E-state index contributed by atoms with van der Waals surface area (Å²) in [4.78, 5) is 22.9. The van der Waals surface area contributed by atoms with E-state index in [4.69, 9.17) is 0 Å². The van der Waals surface area contributed by atoms with Gasteiger partial charge in [0.1, 0.15) is 11.6 Å². The second kappa shape index (κ2) is 5.62. The summed E-state index contributed by atoms with van der Waals surface area (Å²) < 4.78 is 0. The second-order valence-corrected chi connectivity index (χ2v) is 4.79. The number of nitrogens with zero attached hydrogens (tertiary/aromatic N) is 3. The molecule has 5 heteroatoms. The summed E-state index contributed by atoms with van der Waals surface area (Å²) in [5, 5.41) is 9.42. The maximum Gasteiger partial charge on any atom is 0.266 e. The molecule has 0 aliphatic rings. The lowest BCUT2D eigenvalue weighted by atomic mass is 9.91. The number of rotatable bonds is 2. The molecule has 3 heterocycles. The average Bonchev–Trinajstić information content (AvgIpc) is 2.56. The molecule has 0 spiro atoms. The highest BCUT2D eigenvalue weighted by atomic mass is 16.1. The Morgan fingerprint density at radius 1 is 0.955 bits per heavy atom. The number of aromatic amines is 1. The zero-order chi connectivity index (χ0) is 15.5. The van der Waals surface area contributed by atoms with Gasteiger partial charge in [0.25, 0.3) is 5.56 Å². The third kappa shape index (κ3) is 2.27. The van der Waals surface area contributed by atoms with E-state index in [1.54, 1.807) is 36.9 Å². The highest BCUT2D eigenvalue weighted by Crippen LogP contribution is 2.34. The Morgan fingerprint density at radius 2 is 1.45 bits per heavy atom. The molecule has 0 saturated carbocycles. The van der Waals surface area contributed by atoms with Crippen LogP contribution in [0.1, 0.15) is 11.3 Å². The number of nitriles is 1. The average molecular weight is 288 g/mol. The van der Waals surface area contributed by atoms with Crippen LogP contribution < -0.4 is 5.56 Å². The number of hydrogen-bond donors (Lipinski definition) is 1. The van der Waals surface area contributed by atoms with Gasteiger partial charge in [-0.25, -0.2) is 0 Å². The van der Waals surface area contributed by atoms with Crippen LogP contribution in [0.5, 0.6) is 0 Å². The van der Waals surface area contributed by atoms with Crippen LogP contribution in [0.15, 0.2) is 53.8 Å².